The molecule has 0 atom stereocenters. The van der Waals surface area contributed by atoms with E-state index in [1.165, 1.54) is 0 Å². The fourth-order valence-corrected chi connectivity index (χ4v) is 0.0833. The Morgan fingerprint density at radius 1 is 1.08 bits per heavy atom. The molecule has 0 aliphatic heterocycles. The van der Waals surface area contributed by atoms with E-state index in [1.807, 2.05) is 13.8 Å². The second-order valence-corrected chi connectivity index (χ2v) is 3.15. The Morgan fingerprint density at radius 3 is 1.25 bits per heavy atom. The van der Waals surface area contributed by atoms with Crippen LogP contribution in [0, 0.1) is 0 Å². The van der Waals surface area contributed by atoms with Crippen molar-refractivity contribution >= 4 is 10.4 Å². The van der Waals surface area contributed by atoms with E-state index in [1.54, 1.807) is 14.2 Å². The van der Waals surface area contributed by atoms with Gasteiger partial charge in [0.1, 0.15) is 0 Å². The van der Waals surface area contributed by atoms with E-state index in [2.05, 4.69) is 0 Å². The molecule has 0 fully saturated rings. The molecule has 0 aromatic carbocycles. The average molecular weight is 202 g/mol. The predicted molar refractivity (Wildman–Crippen MR) is 42.3 cm³/mol. The van der Waals surface area contributed by atoms with E-state index < -0.39 is 16.2 Å². The van der Waals surface area contributed by atoms with Crippen LogP contribution < -0.4 is 0 Å². The number of hydrogen-bond acceptors (Lipinski definition) is 4. The molecule has 0 aromatic rings. The molecule has 7 heteroatoms. The van der Waals surface area contributed by atoms with Gasteiger partial charge in [0.05, 0.1) is 0 Å². The SMILES string of the molecule is COC(C)(C)OC.O=S(=O)(O)O. The molecule has 12 heavy (non-hydrogen) atoms. The fourth-order valence-electron chi connectivity index (χ4n) is 0.0833. The molecular formula is C5H14O6S. The minimum Gasteiger partial charge on any atom is -0.354 e. The highest BCUT2D eigenvalue weighted by Crippen LogP contribution is 2.05. The second kappa shape index (κ2) is 5.44. The van der Waals surface area contributed by atoms with E-state index in [4.69, 9.17) is 27.0 Å². The van der Waals surface area contributed by atoms with Gasteiger partial charge in [-0.15, -0.1) is 0 Å². The number of methoxy groups -OCH3 is 2. The molecule has 0 radical (unpaired) electrons. The summed E-state index contributed by atoms with van der Waals surface area (Å²) in [5.41, 5.74) is 0. The van der Waals surface area contributed by atoms with Gasteiger partial charge in [0.2, 0.25) is 0 Å². The molecular weight excluding hydrogens is 188 g/mol. The van der Waals surface area contributed by atoms with Gasteiger partial charge >= 0.3 is 10.4 Å². The zero-order valence-electron chi connectivity index (χ0n) is 7.44. The Balaban J connectivity index is 0. The minimum atomic E-state index is -4.67. The van der Waals surface area contributed by atoms with E-state index in [9.17, 15) is 0 Å². The number of hydrogen-bond donors (Lipinski definition) is 2. The zero-order valence-corrected chi connectivity index (χ0v) is 8.25. The van der Waals surface area contributed by atoms with Crippen LogP contribution in [0.15, 0.2) is 0 Å². The highest BCUT2D eigenvalue weighted by molar-refractivity contribution is 7.79. The van der Waals surface area contributed by atoms with Crippen molar-refractivity contribution in [3.8, 4) is 0 Å². The third-order valence-electron chi connectivity index (χ3n) is 0.983. The maximum atomic E-state index is 8.74. The maximum Gasteiger partial charge on any atom is 0.394 e. The lowest BCUT2D eigenvalue weighted by atomic mass is 10.4. The van der Waals surface area contributed by atoms with Gasteiger partial charge in [0.25, 0.3) is 0 Å². The van der Waals surface area contributed by atoms with Gasteiger partial charge < -0.3 is 9.47 Å². The van der Waals surface area contributed by atoms with Crippen molar-refractivity contribution in [2.45, 2.75) is 19.6 Å². The van der Waals surface area contributed by atoms with E-state index in [-0.39, 0.29) is 0 Å². The zero-order chi connectivity index (χ0) is 10.4. The Labute approximate surface area is 72.1 Å². The van der Waals surface area contributed by atoms with Gasteiger partial charge in [-0.2, -0.15) is 8.42 Å². The Bertz CT molecular complexity index is 180. The summed E-state index contributed by atoms with van der Waals surface area (Å²) >= 11 is 0. The second-order valence-electron chi connectivity index (χ2n) is 2.26. The molecule has 6 nitrogen and oxygen atoms in total. The molecule has 0 unspecified atom stereocenters. The van der Waals surface area contributed by atoms with Crippen LogP contribution in [0.1, 0.15) is 13.8 Å². The summed E-state index contributed by atoms with van der Waals surface area (Å²) in [4.78, 5) is 0. The lowest BCUT2D eigenvalue weighted by Crippen LogP contribution is -2.24. The standard InChI is InChI=1S/C5H12O2.H2O4S/c1-5(2,6-3)7-4;1-5(2,3)4/h1-4H3;(H2,1,2,3,4). The first-order valence-corrected chi connectivity index (χ1v) is 4.32. The summed E-state index contributed by atoms with van der Waals surface area (Å²) in [5.74, 6) is -0.417. The monoisotopic (exact) mass is 202 g/mol. The highest BCUT2D eigenvalue weighted by atomic mass is 32.3. The maximum absolute atomic E-state index is 8.74. The first kappa shape index (κ1) is 14.3. The molecule has 0 spiro atoms. The largest absolute Gasteiger partial charge is 0.394 e. The van der Waals surface area contributed by atoms with Crippen molar-refractivity contribution in [2.75, 3.05) is 14.2 Å². The average Bonchev–Trinajstić information content (AvgIpc) is 1.85. The van der Waals surface area contributed by atoms with Crippen LogP contribution in [0.2, 0.25) is 0 Å². The quantitative estimate of drug-likeness (QED) is 0.496. The third-order valence-corrected chi connectivity index (χ3v) is 0.983. The van der Waals surface area contributed by atoms with Gasteiger partial charge in [0.15, 0.2) is 5.79 Å². The van der Waals surface area contributed by atoms with E-state index in [0.717, 1.165) is 0 Å². The van der Waals surface area contributed by atoms with Crippen LogP contribution in [0.4, 0.5) is 0 Å². The Hall–Kier alpha value is -0.210. The summed E-state index contributed by atoms with van der Waals surface area (Å²) in [6, 6.07) is 0. The van der Waals surface area contributed by atoms with Crippen LogP contribution >= 0.6 is 0 Å². The molecule has 0 saturated heterocycles. The number of rotatable bonds is 2. The summed E-state index contributed by atoms with van der Waals surface area (Å²) in [6.07, 6.45) is 0. The van der Waals surface area contributed by atoms with Gasteiger partial charge in [-0.1, -0.05) is 0 Å². The fraction of sp³-hybridized carbons (Fsp3) is 1.00. The predicted octanol–water partition coefficient (Wildman–Crippen LogP) is 0.363. The Kier molecular flexibility index (Phi) is 6.49. The first-order chi connectivity index (χ1) is 5.12. The number of ether oxygens (including phenoxy) is 2. The Morgan fingerprint density at radius 2 is 1.25 bits per heavy atom. The molecule has 0 aromatic heterocycles. The molecule has 0 aliphatic carbocycles. The van der Waals surface area contributed by atoms with Gasteiger partial charge in [0, 0.05) is 14.2 Å². The third kappa shape index (κ3) is 22.6. The van der Waals surface area contributed by atoms with Crippen molar-refractivity contribution in [3.63, 3.8) is 0 Å². The lowest BCUT2D eigenvalue weighted by Gasteiger charge is -2.19. The molecule has 0 amide bonds. The lowest BCUT2D eigenvalue weighted by molar-refractivity contribution is -0.178. The van der Waals surface area contributed by atoms with Crippen molar-refractivity contribution < 1.29 is 27.0 Å². The van der Waals surface area contributed by atoms with Crippen LogP contribution in [0.25, 0.3) is 0 Å². The van der Waals surface area contributed by atoms with Gasteiger partial charge in [-0.25, -0.2) is 0 Å². The summed E-state index contributed by atoms with van der Waals surface area (Å²) in [7, 11) is -1.44. The molecule has 0 aliphatic rings. The van der Waals surface area contributed by atoms with Crippen molar-refractivity contribution in [2.24, 2.45) is 0 Å². The van der Waals surface area contributed by atoms with E-state index in [0.29, 0.717) is 0 Å². The summed E-state index contributed by atoms with van der Waals surface area (Å²) in [6.45, 7) is 3.71. The van der Waals surface area contributed by atoms with Gasteiger partial charge in [-0.3, -0.25) is 9.11 Å². The summed E-state index contributed by atoms with van der Waals surface area (Å²) < 4.78 is 41.3. The molecule has 2 N–H and O–H groups in total. The molecule has 0 bridgehead atoms. The van der Waals surface area contributed by atoms with Gasteiger partial charge in [-0.05, 0) is 13.8 Å². The van der Waals surface area contributed by atoms with Crippen LogP contribution in [-0.4, -0.2) is 37.5 Å². The van der Waals surface area contributed by atoms with Crippen molar-refractivity contribution in [1.29, 1.82) is 0 Å². The summed E-state index contributed by atoms with van der Waals surface area (Å²) in [5, 5.41) is 0. The smallest absolute Gasteiger partial charge is 0.354 e. The normalized spacial score (nSPS) is 11.8. The topological polar surface area (TPSA) is 93.1 Å². The van der Waals surface area contributed by atoms with Crippen molar-refractivity contribution in [1.82, 2.24) is 0 Å². The first-order valence-electron chi connectivity index (χ1n) is 2.92. The molecule has 0 heterocycles. The van der Waals surface area contributed by atoms with Crippen LogP contribution in [0.5, 0.6) is 0 Å². The molecule has 76 valence electrons. The molecule has 0 saturated carbocycles. The van der Waals surface area contributed by atoms with Crippen LogP contribution in [-0.2, 0) is 19.9 Å². The van der Waals surface area contributed by atoms with Crippen molar-refractivity contribution in [3.05, 3.63) is 0 Å². The highest BCUT2D eigenvalue weighted by Gasteiger charge is 2.11. The minimum absolute atomic E-state index is 0.417. The van der Waals surface area contributed by atoms with E-state index >= 15 is 0 Å². The van der Waals surface area contributed by atoms with Crippen LogP contribution in [0.3, 0.4) is 0 Å². The molecule has 0 rings (SSSR count).